The van der Waals surface area contributed by atoms with Gasteiger partial charge in [-0.25, -0.2) is 8.78 Å². The topological polar surface area (TPSA) is 65.9 Å². The number of aromatic amines is 1. The lowest BCUT2D eigenvalue weighted by Gasteiger charge is -2.14. The molecule has 0 bridgehead atoms. The molecule has 1 heterocycles. The molecule has 0 atom stereocenters. The van der Waals surface area contributed by atoms with E-state index in [-0.39, 0.29) is 0 Å². The normalized spacial score (nSPS) is 11.4. The van der Waals surface area contributed by atoms with E-state index < -0.39 is 41.6 Å². The minimum absolute atomic E-state index is 0.426. The van der Waals surface area contributed by atoms with Gasteiger partial charge in [-0.3, -0.25) is 4.79 Å². The summed E-state index contributed by atoms with van der Waals surface area (Å²) in [6, 6.07) is 1.40. The van der Waals surface area contributed by atoms with Gasteiger partial charge in [0.05, 0.1) is 23.6 Å². The molecule has 0 spiro atoms. The lowest BCUT2D eigenvalue weighted by Crippen LogP contribution is -2.23. The maximum atomic E-state index is 12.5. The van der Waals surface area contributed by atoms with E-state index in [4.69, 9.17) is 5.26 Å². The van der Waals surface area contributed by atoms with Gasteiger partial charge in [-0.2, -0.15) is 5.26 Å². The Morgan fingerprint density at radius 1 is 1.44 bits per heavy atom. The Hall–Kier alpha value is -2.11. The quantitative estimate of drug-likeness (QED) is 0.855. The van der Waals surface area contributed by atoms with Crippen LogP contribution in [-0.2, 0) is 6.42 Å². The number of rotatable bonds is 3. The third-order valence-electron chi connectivity index (χ3n) is 1.88. The maximum Gasteiger partial charge on any atom is 0.573 e. The molecule has 0 aromatic carbocycles. The number of hydrogen-bond donors (Lipinski definition) is 1. The van der Waals surface area contributed by atoms with Gasteiger partial charge in [0.1, 0.15) is 5.75 Å². The number of alkyl halides is 5. The molecule has 1 N–H and O–H groups in total. The first kappa shape index (κ1) is 14.0. The molecule has 1 rings (SSSR count). The average molecular weight is 268 g/mol. The molecule has 4 nitrogen and oxygen atoms in total. The third-order valence-corrected chi connectivity index (χ3v) is 1.88. The smallest absolute Gasteiger partial charge is 0.405 e. The number of halogens is 5. The largest absolute Gasteiger partial charge is 0.573 e. The van der Waals surface area contributed by atoms with Gasteiger partial charge in [-0.15, -0.1) is 13.2 Å². The van der Waals surface area contributed by atoms with Crippen molar-refractivity contribution >= 4 is 0 Å². The van der Waals surface area contributed by atoms with E-state index in [0.29, 0.717) is 6.20 Å². The summed E-state index contributed by atoms with van der Waals surface area (Å²) in [4.78, 5) is 13.0. The van der Waals surface area contributed by atoms with E-state index in [1.807, 2.05) is 4.98 Å². The highest BCUT2D eigenvalue weighted by Crippen LogP contribution is 2.33. The Kier molecular flexibility index (Phi) is 3.90. The SMILES string of the molecule is N#CCc1c(OC(F)(F)F)c(C(F)F)c[nH]c1=O. The van der Waals surface area contributed by atoms with Crippen LogP contribution in [0, 0.1) is 11.3 Å². The molecule has 1 aromatic rings. The first-order valence-corrected chi connectivity index (χ1v) is 4.41. The summed E-state index contributed by atoms with van der Waals surface area (Å²) in [5, 5.41) is 8.37. The number of H-pyrrole nitrogens is 1. The lowest BCUT2D eigenvalue weighted by atomic mass is 10.1. The first-order valence-electron chi connectivity index (χ1n) is 4.41. The van der Waals surface area contributed by atoms with Crippen molar-refractivity contribution in [3.63, 3.8) is 0 Å². The van der Waals surface area contributed by atoms with E-state index in [9.17, 15) is 26.7 Å². The number of ether oxygens (including phenoxy) is 1. The Morgan fingerprint density at radius 3 is 2.50 bits per heavy atom. The summed E-state index contributed by atoms with van der Waals surface area (Å²) in [5.41, 5.74) is -3.00. The zero-order valence-corrected chi connectivity index (χ0v) is 8.52. The first-order chi connectivity index (χ1) is 8.26. The minimum atomic E-state index is -5.23. The van der Waals surface area contributed by atoms with Crippen LogP contribution in [0.5, 0.6) is 5.75 Å². The number of nitrogens with zero attached hydrogens (tertiary/aromatic N) is 1. The van der Waals surface area contributed by atoms with Crippen molar-refractivity contribution < 1.29 is 26.7 Å². The molecular weight excluding hydrogens is 263 g/mol. The molecule has 1 aromatic heterocycles. The second-order valence-electron chi connectivity index (χ2n) is 3.06. The van der Waals surface area contributed by atoms with E-state index in [1.165, 1.54) is 6.07 Å². The minimum Gasteiger partial charge on any atom is -0.405 e. The molecule has 0 amide bonds. The zero-order chi connectivity index (χ0) is 13.9. The van der Waals surface area contributed by atoms with Crippen LogP contribution in [0.3, 0.4) is 0 Å². The van der Waals surface area contributed by atoms with Crippen LogP contribution in [0.1, 0.15) is 17.6 Å². The Morgan fingerprint density at radius 2 is 2.06 bits per heavy atom. The molecule has 0 aliphatic heterocycles. The average Bonchev–Trinajstić information content (AvgIpc) is 2.21. The van der Waals surface area contributed by atoms with E-state index in [0.717, 1.165) is 0 Å². The van der Waals surface area contributed by atoms with Crippen LogP contribution >= 0.6 is 0 Å². The highest BCUT2D eigenvalue weighted by molar-refractivity contribution is 5.41. The summed E-state index contributed by atoms with van der Waals surface area (Å²) in [7, 11) is 0. The number of nitrogens with one attached hydrogen (secondary N) is 1. The van der Waals surface area contributed by atoms with Crippen LogP contribution in [0.4, 0.5) is 22.0 Å². The second-order valence-corrected chi connectivity index (χ2v) is 3.06. The highest BCUT2D eigenvalue weighted by Gasteiger charge is 2.35. The molecule has 0 radical (unpaired) electrons. The molecular formula is C9H5F5N2O2. The van der Waals surface area contributed by atoms with Crippen molar-refractivity contribution in [1.29, 1.82) is 5.26 Å². The van der Waals surface area contributed by atoms with Crippen molar-refractivity contribution in [2.75, 3.05) is 0 Å². The number of hydrogen-bond acceptors (Lipinski definition) is 3. The summed E-state index contributed by atoms with van der Waals surface area (Å²) < 4.78 is 64.6. The third kappa shape index (κ3) is 3.19. The standard InChI is InChI=1S/C9H5F5N2O2/c10-7(11)5-3-16-8(17)4(1-2-15)6(5)18-9(12,13)14/h3,7H,1H2,(H,16,17). The van der Waals surface area contributed by atoms with Gasteiger partial charge >= 0.3 is 6.36 Å². The summed E-state index contributed by atoms with van der Waals surface area (Å²) in [6.07, 6.45) is -8.87. The molecule has 0 aliphatic rings. The second kappa shape index (κ2) is 5.03. The van der Waals surface area contributed by atoms with Crippen molar-refractivity contribution in [3.05, 3.63) is 27.7 Å². The van der Waals surface area contributed by atoms with E-state index in [2.05, 4.69) is 4.74 Å². The van der Waals surface area contributed by atoms with Gasteiger partial charge in [-0.05, 0) is 0 Å². The van der Waals surface area contributed by atoms with Crippen molar-refractivity contribution in [1.82, 2.24) is 4.98 Å². The van der Waals surface area contributed by atoms with E-state index >= 15 is 0 Å². The molecule has 0 saturated heterocycles. The molecule has 0 aliphatic carbocycles. The van der Waals surface area contributed by atoms with Crippen LogP contribution < -0.4 is 10.3 Å². The molecule has 18 heavy (non-hydrogen) atoms. The summed E-state index contributed by atoms with van der Waals surface area (Å²) in [5.74, 6) is -1.32. The van der Waals surface area contributed by atoms with Crippen molar-refractivity contribution in [3.8, 4) is 11.8 Å². The van der Waals surface area contributed by atoms with Gasteiger partial charge in [0.25, 0.3) is 12.0 Å². The Bertz CT molecular complexity index is 529. The number of aromatic nitrogens is 1. The van der Waals surface area contributed by atoms with Gasteiger partial charge in [0.2, 0.25) is 0 Å². The number of nitriles is 1. The van der Waals surface area contributed by atoms with Gasteiger partial charge in [0.15, 0.2) is 0 Å². The Labute approximate surface area is 96.6 Å². The van der Waals surface area contributed by atoms with Crippen molar-refractivity contribution in [2.24, 2.45) is 0 Å². The molecule has 0 fully saturated rings. The van der Waals surface area contributed by atoms with Crippen LogP contribution in [0.15, 0.2) is 11.0 Å². The highest BCUT2D eigenvalue weighted by atomic mass is 19.4. The monoisotopic (exact) mass is 268 g/mol. The lowest BCUT2D eigenvalue weighted by molar-refractivity contribution is -0.275. The molecule has 0 saturated carbocycles. The predicted octanol–water partition coefficient (Wildman–Crippen LogP) is 2.28. The van der Waals surface area contributed by atoms with Crippen LogP contribution in [0.25, 0.3) is 0 Å². The fourth-order valence-corrected chi connectivity index (χ4v) is 1.21. The fraction of sp³-hybridized carbons (Fsp3) is 0.333. The van der Waals surface area contributed by atoms with Gasteiger partial charge in [0, 0.05) is 6.20 Å². The zero-order valence-electron chi connectivity index (χ0n) is 8.52. The van der Waals surface area contributed by atoms with Gasteiger partial charge in [-0.1, -0.05) is 0 Å². The molecule has 9 heteroatoms. The van der Waals surface area contributed by atoms with Crippen LogP contribution in [-0.4, -0.2) is 11.3 Å². The van der Waals surface area contributed by atoms with Crippen LogP contribution in [0.2, 0.25) is 0 Å². The predicted molar refractivity (Wildman–Crippen MR) is 48.0 cm³/mol. The van der Waals surface area contributed by atoms with Gasteiger partial charge < -0.3 is 9.72 Å². The summed E-state index contributed by atoms with van der Waals surface area (Å²) in [6.45, 7) is 0. The van der Waals surface area contributed by atoms with Crippen molar-refractivity contribution in [2.45, 2.75) is 19.2 Å². The number of pyridine rings is 1. The molecule has 98 valence electrons. The van der Waals surface area contributed by atoms with E-state index in [1.54, 1.807) is 0 Å². The maximum absolute atomic E-state index is 12.5. The molecule has 0 unspecified atom stereocenters. The Balaban J connectivity index is 3.44. The summed E-state index contributed by atoms with van der Waals surface area (Å²) >= 11 is 0. The fourth-order valence-electron chi connectivity index (χ4n) is 1.21.